The number of rotatable bonds is 1. The van der Waals surface area contributed by atoms with Gasteiger partial charge in [-0.05, 0) is 38.8 Å². The highest BCUT2D eigenvalue weighted by atomic mass is 16.1. The van der Waals surface area contributed by atoms with E-state index >= 15 is 0 Å². The van der Waals surface area contributed by atoms with Crippen molar-refractivity contribution in [3.8, 4) is 11.8 Å². The first-order valence-electron chi connectivity index (χ1n) is 4.46. The Hall–Kier alpha value is -1.62. The second-order valence-corrected chi connectivity index (χ2v) is 4.07. The topological polar surface area (TPSA) is 30.0 Å². The Labute approximate surface area is 84.4 Å². The van der Waals surface area contributed by atoms with Crippen LogP contribution in [-0.4, -0.2) is 10.8 Å². The molecule has 0 fully saturated rings. The Morgan fingerprint density at radius 2 is 2.14 bits per heavy atom. The lowest BCUT2D eigenvalue weighted by atomic mass is 9.97. The molecule has 2 nitrogen and oxygen atoms in total. The predicted octanol–water partition coefficient (Wildman–Crippen LogP) is 2.31. The van der Waals surface area contributed by atoms with Gasteiger partial charge in [0.05, 0.1) is 0 Å². The number of nitrogens with zero attached hydrogens (tertiary/aromatic N) is 1. The first-order chi connectivity index (χ1) is 6.49. The highest BCUT2D eigenvalue weighted by molar-refractivity contribution is 6.08. The molecule has 0 unspecified atom stereocenters. The number of carbonyl (C=O) groups excluding carboxylic acids is 1. The van der Waals surface area contributed by atoms with Crippen LogP contribution in [0.3, 0.4) is 0 Å². The SMILES string of the molecule is CC(C)(C)C#CC(=O)c1cccnc1. The average Bonchev–Trinajstić information content (AvgIpc) is 2.14. The van der Waals surface area contributed by atoms with Crippen LogP contribution in [0.2, 0.25) is 0 Å². The van der Waals surface area contributed by atoms with Crippen LogP contribution in [0.1, 0.15) is 31.1 Å². The van der Waals surface area contributed by atoms with Crippen LogP contribution in [0.5, 0.6) is 0 Å². The summed E-state index contributed by atoms with van der Waals surface area (Å²) in [5.74, 6) is 5.33. The van der Waals surface area contributed by atoms with Gasteiger partial charge >= 0.3 is 0 Å². The predicted molar refractivity (Wildman–Crippen MR) is 55.8 cm³/mol. The van der Waals surface area contributed by atoms with Crippen LogP contribution in [0.4, 0.5) is 0 Å². The van der Waals surface area contributed by atoms with E-state index < -0.39 is 0 Å². The molecule has 0 saturated carbocycles. The summed E-state index contributed by atoms with van der Waals surface area (Å²) < 4.78 is 0. The molecule has 0 aliphatic carbocycles. The second kappa shape index (κ2) is 4.06. The van der Waals surface area contributed by atoms with Gasteiger partial charge in [-0.1, -0.05) is 5.92 Å². The molecule has 1 aromatic heterocycles. The molecule has 0 atom stereocenters. The van der Waals surface area contributed by atoms with Crippen molar-refractivity contribution in [1.82, 2.24) is 4.98 Å². The van der Waals surface area contributed by atoms with Gasteiger partial charge in [-0.3, -0.25) is 9.78 Å². The average molecular weight is 187 g/mol. The lowest BCUT2D eigenvalue weighted by molar-refractivity contribution is 0.105. The van der Waals surface area contributed by atoms with E-state index in [1.165, 1.54) is 6.20 Å². The van der Waals surface area contributed by atoms with E-state index in [2.05, 4.69) is 16.8 Å². The Morgan fingerprint density at radius 3 is 2.64 bits per heavy atom. The summed E-state index contributed by atoms with van der Waals surface area (Å²) in [5, 5.41) is 0. The van der Waals surface area contributed by atoms with Gasteiger partial charge in [0.15, 0.2) is 0 Å². The van der Waals surface area contributed by atoms with Crippen LogP contribution >= 0.6 is 0 Å². The number of Topliss-reactive ketones (excluding diaryl/α,β-unsaturated/α-hetero) is 1. The van der Waals surface area contributed by atoms with Crippen molar-refractivity contribution in [2.75, 3.05) is 0 Å². The molecule has 1 heterocycles. The quantitative estimate of drug-likeness (QED) is 0.383. The highest BCUT2D eigenvalue weighted by Crippen LogP contribution is 2.10. The van der Waals surface area contributed by atoms with E-state index in [0.717, 1.165) is 0 Å². The van der Waals surface area contributed by atoms with Gasteiger partial charge in [0.1, 0.15) is 0 Å². The molecular formula is C12H13NO. The van der Waals surface area contributed by atoms with Crippen molar-refractivity contribution in [2.24, 2.45) is 5.41 Å². The largest absolute Gasteiger partial charge is 0.279 e. The van der Waals surface area contributed by atoms with Crippen molar-refractivity contribution >= 4 is 5.78 Å². The van der Waals surface area contributed by atoms with E-state index in [4.69, 9.17) is 0 Å². The zero-order valence-corrected chi connectivity index (χ0v) is 8.66. The number of aromatic nitrogens is 1. The van der Waals surface area contributed by atoms with Crippen LogP contribution in [0.25, 0.3) is 0 Å². The first kappa shape index (κ1) is 10.5. The number of pyridine rings is 1. The van der Waals surface area contributed by atoms with Crippen LogP contribution in [0, 0.1) is 17.3 Å². The summed E-state index contributed by atoms with van der Waals surface area (Å²) in [7, 11) is 0. The number of ketones is 1. The molecule has 0 aromatic carbocycles. The summed E-state index contributed by atoms with van der Waals surface area (Å²) in [4.78, 5) is 15.3. The Balaban J connectivity index is 2.82. The molecule has 0 saturated heterocycles. The van der Waals surface area contributed by atoms with E-state index in [0.29, 0.717) is 5.56 Å². The first-order valence-corrected chi connectivity index (χ1v) is 4.46. The second-order valence-electron chi connectivity index (χ2n) is 4.07. The molecule has 1 aromatic rings. The standard InChI is InChI=1S/C12H13NO/c1-12(2,3)7-6-11(14)10-5-4-8-13-9-10/h4-5,8-9H,1-3H3. The maximum Gasteiger partial charge on any atom is 0.237 e. The summed E-state index contributed by atoms with van der Waals surface area (Å²) >= 11 is 0. The third-order valence-electron chi connectivity index (χ3n) is 1.47. The molecule has 0 aliphatic heterocycles. The minimum Gasteiger partial charge on any atom is -0.279 e. The molecule has 72 valence electrons. The lowest BCUT2D eigenvalue weighted by Crippen LogP contribution is -2.02. The molecule has 0 spiro atoms. The summed E-state index contributed by atoms with van der Waals surface area (Å²) in [5.41, 5.74) is 0.405. The maximum absolute atomic E-state index is 11.5. The molecule has 0 N–H and O–H groups in total. The zero-order valence-electron chi connectivity index (χ0n) is 8.66. The third kappa shape index (κ3) is 3.40. The normalized spacial score (nSPS) is 10.2. The lowest BCUT2D eigenvalue weighted by Gasteiger charge is -2.06. The molecule has 0 amide bonds. The van der Waals surface area contributed by atoms with Gasteiger partial charge in [0.25, 0.3) is 0 Å². The van der Waals surface area contributed by atoms with E-state index in [1.807, 2.05) is 20.8 Å². The third-order valence-corrected chi connectivity index (χ3v) is 1.47. The fourth-order valence-corrected chi connectivity index (χ4v) is 0.814. The molecule has 0 bridgehead atoms. The molecule has 14 heavy (non-hydrogen) atoms. The van der Waals surface area contributed by atoms with Crippen molar-refractivity contribution < 1.29 is 4.79 Å². The van der Waals surface area contributed by atoms with Gasteiger partial charge in [0.2, 0.25) is 5.78 Å². The Bertz CT molecular complexity index is 376. The summed E-state index contributed by atoms with van der Waals surface area (Å²) in [6.45, 7) is 5.91. The van der Waals surface area contributed by atoms with Crippen molar-refractivity contribution in [1.29, 1.82) is 0 Å². The van der Waals surface area contributed by atoms with Crippen molar-refractivity contribution in [2.45, 2.75) is 20.8 Å². The molecule has 0 aliphatic rings. The highest BCUT2D eigenvalue weighted by Gasteiger charge is 2.06. The van der Waals surface area contributed by atoms with E-state index in [1.54, 1.807) is 18.3 Å². The molecule has 1 rings (SSSR count). The van der Waals surface area contributed by atoms with Crippen molar-refractivity contribution in [3.63, 3.8) is 0 Å². The van der Waals surface area contributed by atoms with Crippen LogP contribution in [-0.2, 0) is 0 Å². The van der Waals surface area contributed by atoms with Gasteiger partial charge < -0.3 is 0 Å². The van der Waals surface area contributed by atoms with Gasteiger partial charge in [-0.25, -0.2) is 0 Å². The molecular weight excluding hydrogens is 174 g/mol. The van der Waals surface area contributed by atoms with Gasteiger partial charge in [-0.15, -0.1) is 0 Å². The minimum absolute atomic E-state index is 0.141. The smallest absolute Gasteiger partial charge is 0.237 e. The fourth-order valence-electron chi connectivity index (χ4n) is 0.814. The van der Waals surface area contributed by atoms with E-state index in [9.17, 15) is 4.79 Å². The van der Waals surface area contributed by atoms with Gasteiger partial charge in [-0.2, -0.15) is 0 Å². The monoisotopic (exact) mass is 187 g/mol. The van der Waals surface area contributed by atoms with Gasteiger partial charge in [0, 0.05) is 23.4 Å². The zero-order chi connectivity index (χ0) is 10.6. The minimum atomic E-state index is -0.173. The van der Waals surface area contributed by atoms with Crippen molar-refractivity contribution in [3.05, 3.63) is 30.1 Å². The number of hydrogen-bond donors (Lipinski definition) is 0. The fraction of sp³-hybridized carbons (Fsp3) is 0.333. The summed E-state index contributed by atoms with van der Waals surface area (Å²) in [6, 6.07) is 3.44. The molecule has 0 radical (unpaired) electrons. The van der Waals surface area contributed by atoms with Crippen LogP contribution < -0.4 is 0 Å². The Morgan fingerprint density at radius 1 is 1.43 bits per heavy atom. The van der Waals surface area contributed by atoms with Crippen LogP contribution in [0.15, 0.2) is 24.5 Å². The number of hydrogen-bond acceptors (Lipinski definition) is 2. The Kier molecular flexibility index (Phi) is 3.03. The number of carbonyl (C=O) groups is 1. The molecule has 2 heteroatoms. The maximum atomic E-state index is 11.5. The summed E-state index contributed by atoms with van der Waals surface area (Å²) in [6.07, 6.45) is 3.16. The van der Waals surface area contributed by atoms with E-state index in [-0.39, 0.29) is 11.2 Å².